The Hall–Kier alpha value is -14.1. The van der Waals surface area contributed by atoms with Gasteiger partial charge in [0.15, 0.2) is 28.7 Å². The van der Waals surface area contributed by atoms with Gasteiger partial charge in [-0.25, -0.2) is 55.6 Å². The van der Waals surface area contributed by atoms with Crippen molar-refractivity contribution in [3.63, 3.8) is 0 Å². The van der Waals surface area contributed by atoms with E-state index in [0.717, 1.165) is 44.5 Å². The molecule has 8 aromatic heterocycles. The summed E-state index contributed by atoms with van der Waals surface area (Å²) in [5.41, 5.74) is 13.6. The third kappa shape index (κ3) is 22.6. The van der Waals surface area contributed by atoms with Crippen LogP contribution in [0.2, 0.25) is 0 Å². The average Bonchev–Trinajstić information content (AvgIpc) is 1.64. The molecule has 4 saturated heterocycles. The van der Waals surface area contributed by atoms with Gasteiger partial charge >= 0.3 is 0 Å². The minimum Gasteiger partial charge on any atom is -0.384 e. The van der Waals surface area contributed by atoms with Gasteiger partial charge in [-0.3, -0.25) is 38.4 Å². The van der Waals surface area contributed by atoms with Crippen molar-refractivity contribution in [3.05, 3.63) is 250 Å². The summed E-state index contributed by atoms with van der Waals surface area (Å²) in [6, 6.07) is 40.2. The summed E-state index contributed by atoms with van der Waals surface area (Å²) in [7, 11) is 0. The zero-order chi connectivity index (χ0) is 101. The molecule has 0 saturated carbocycles. The molecule has 4 N–H and O–H groups in total. The van der Waals surface area contributed by atoms with Crippen LogP contribution >= 0.6 is 0 Å². The van der Waals surface area contributed by atoms with Gasteiger partial charge in [-0.1, -0.05) is 106 Å². The minimum absolute atomic E-state index is 0.121. The molecule has 0 radical (unpaired) electrons. The largest absolute Gasteiger partial charge is 0.384 e. The van der Waals surface area contributed by atoms with Crippen molar-refractivity contribution in [2.24, 2.45) is 5.92 Å². The zero-order valence-electron chi connectivity index (χ0n) is 81.5. The molecule has 4 aliphatic rings. The van der Waals surface area contributed by atoms with Crippen LogP contribution in [-0.2, 0) is 19.2 Å². The average molecular weight is 1920 g/mol. The SMILES string of the molecule is CC(C)c1cc(-c2ccc(F)cc2)nn2cc(C(=O)N3CCN(C(=O)C(O)C(C)C)[C@@H](C)C3)nc12.CC(C)c1cc(-c2ccc(F)cc2)nn2cc(C(=O)N3CCN(C(=O)C(O)c4ccccc4)[C@@H](C)C3)nc12.CC(O)C(=O)N1CCN(C(=O)c2cn3nc(-c4ccc(F)cc4)cc(C(C)C)c3n2)C[C@@H]1C.CC[C@@H](O)C(=O)N1CCN(C(=O)c2cn3nc(-c4ccc(F)cc4)cc(C(C)C)c3n2)C[C@@H]1C. The first-order valence-electron chi connectivity index (χ1n) is 47.4. The molecule has 0 aliphatic carbocycles. The number of amides is 8. The second kappa shape index (κ2) is 43.5. The molecule has 8 amide bonds. The van der Waals surface area contributed by atoms with Gasteiger partial charge in [0, 0.05) is 147 Å². The number of aliphatic hydroxyl groups is 4. The highest BCUT2D eigenvalue weighted by atomic mass is 19.1. The van der Waals surface area contributed by atoms with E-state index < -0.39 is 24.4 Å². The molecule has 13 aromatic rings. The molecular formula is C104H120F4N20O12. The topological polar surface area (TPSA) is 364 Å². The Kier molecular flexibility index (Phi) is 31.6. The summed E-state index contributed by atoms with van der Waals surface area (Å²) in [5, 5.41) is 58.8. The summed E-state index contributed by atoms with van der Waals surface area (Å²) in [6.07, 6.45) is 2.48. The van der Waals surface area contributed by atoms with E-state index in [1.807, 2.05) is 113 Å². The molecule has 736 valence electrons. The molecule has 4 fully saturated rings. The van der Waals surface area contributed by atoms with Crippen molar-refractivity contribution in [3.8, 4) is 45.0 Å². The Morgan fingerprint density at radius 1 is 0.336 bits per heavy atom. The van der Waals surface area contributed by atoms with Gasteiger partial charge in [0.05, 0.1) is 47.6 Å². The van der Waals surface area contributed by atoms with E-state index in [1.54, 1.807) is 176 Å². The van der Waals surface area contributed by atoms with Crippen molar-refractivity contribution < 1.29 is 76.3 Å². The molecule has 36 heteroatoms. The molecule has 17 rings (SSSR count). The highest BCUT2D eigenvalue weighted by Gasteiger charge is 2.40. The van der Waals surface area contributed by atoms with Crippen molar-refractivity contribution in [2.45, 2.75) is 189 Å². The van der Waals surface area contributed by atoms with Crippen LogP contribution in [0.3, 0.4) is 0 Å². The van der Waals surface area contributed by atoms with E-state index in [1.165, 1.54) is 55.5 Å². The molecule has 0 bridgehead atoms. The molecule has 5 aromatic carbocycles. The number of fused-ring (bicyclic) bond motifs is 4. The molecular weight excluding hydrogens is 1800 g/mol. The predicted molar refractivity (Wildman–Crippen MR) is 518 cm³/mol. The first-order valence-corrected chi connectivity index (χ1v) is 47.4. The lowest BCUT2D eigenvalue weighted by molar-refractivity contribution is -0.146. The summed E-state index contributed by atoms with van der Waals surface area (Å²) in [6.45, 7) is 34.8. The fourth-order valence-electron chi connectivity index (χ4n) is 17.7. The van der Waals surface area contributed by atoms with Crippen molar-refractivity contribution in [1.82, 2.24) is 97.6 Å². The predicted octanol–water partition coefficient (Wildman–Crippen LogP) is 13.2. The third-order valence-corrected chi connectivity index (χ3v) is 25.8. The Balaban J connectivity index is 0.000000149. The number of carbonyl (C=O) groups is 8. The number of benzene rings is 5. The molecule has 3 unspecified atom stereocenters. The number of hydrogen-bond donors (Lipinski definition) is 4. The van der Waals surface area contributed by atoms with E-state index in [2.05, 4.69) is 40.3 Å². The number of piperazine rings is 4. The maximum Gasteiger partial charge on any atom is 0.274 e. The Morgan fingerprint density at radius 3 is 0.821 bits per heavy atom. The van der Waals surface area contributed by atoms with E-state index in [4.69, 9.17) is 0 Å². The number of aromatic nitrogens is 12. The lowest BCUT2D eigenvalue weighted by atomic mass is 10.0. The Morgan fingerprint density at radius 2 is 0.586 bits per heavy atom. The quantitative estimate of drug-likeness (QED) is 0.0546. The number of carbonyl (C=O) groups excluding carboxylic acids is 8. The van der Waals surface area contributed by atoms with Gasteiger partial charge in [0.1, 0.15) is 64.4 Å². The highest BCUT2D eigenvalue weighted by molar-refractivity contribution is 5.96. The monoisotopic (exact) mass is 1920 g/mol. The van der Waals surface area contributed by atoms with Crippen LogP contribution in [-0.4, -0.2) is 286 Å². The van der Waals surface area contributed by atoms with Gasteiger partial charge in [0.25, 0.3) is 47.3 Å². The lowest BCUT2D eigenvalue weighted by Gasteiger charge is -2.40. The summed E-state index contributed by atoms with van der Waals surface area (Å²) in [5.74, 6) is -3.13. The van der Waals surface area contributed by atoms with Crippen molar-refractivity contribution in [2.75, 3.05) is 78.5 Å². The van der Waals surface area contributed by atoms with Gasteiger partial charge in [-0.15, -0.1) is 0 Å². The van der Waals surface area contributed by atoms with Crippen LogP contribution in [0.25, 0.3) is 67.6 Å². The maximum absolute atomic E-state index is 13.4. The number of hydrogen-bond acceptors (Lipinski definition) is 20. The van der Waals surface area contributed by atoms with Gasteiger partial charge < -0.3 is 59.6 Å². The maximum atomic E-state index is 13.4. The molecule has 4 aliphatic heterocycles. The fourth-order valence-corrected chi connectivity index (χ4v) is 17.7. The summed E-state index contributed by atoms with van der Waals surface area (Å²) < 4.78 is 60.0. The number of nitrogens with zero attached hydrogens (tertiary/aromatic N) is 20. The van der Waals surface area contributed by atoms with E-state index in [-0.39, 0.29) is 147 Å². The normalized spacial score (nSPS) is 17.3. The van der Waals surface area contributed by atoms with Crippen LogP contribution in [0, 0.1) is 29.2 Å². The van der Waals surface area contributed by atoms with Gasteiger partial charge in [-0.2, -0.15) is 20.4 Å². The van der Waals surface area contributed by atoms with E-state index in [9.17, 15) is 76.3 Å². The number of halogens is 4. The van der Waals surface area contributed by atoms with Crippen molar-refractivity contribution >= 4 is 69.8 Å². The fraction of sp³-hybridized carbons (Fsp3) is 0.404. The van der Waals surface area contributed by atoms with E-state index in [0.29, 0.717) is 136 Å². The minimum atomic E-state index is -1.24. The van der Waals surface area contributed by atoms with Crippen molar-refractivity contribution in [1.29, 1.82) is 0 Å². The Labute approximate surface area is 808 Å². The first kappa shape index (κ1) is 102. The van der Waals surface area contributed by atoms with Crippen LogP contribution in [0.1, 0.15) is 217 Å². The molecule has 140 heavy (non-hydrogen) atoms. The number of rotatable bonds is 19. The smallest absolute Gasteiger partial charge is 0.274 e. The number of imidazole rings is 4. The lowest BCUT2D eigenvalue weighted by Crippen LogP contribution is -2.58. The second-order valence-electron chi connectivity index (χ2n) is 37.8. The van der Waals surface area contributed by atoms with Crippen LogP contribution < -0.4 is 0 Å². The van der Waals surface area contributed by atoms with Gasteiger partial charge in [0.2, 0.25) is 0 Å². The summed E-state index contributed by atoms with van der Waals surface area (Å²) in [4.78, 5) is 135. The highest BCUT2D eigenvalue weighted by Crippen LogP contribution is 2.34. The third-order valence-electron chi connectivity index (χ3n) is 25.8. The van der Waals surface area contributed by atoms with Crippen LogP contribution in [0.15, 0.2) is 176 Å². The molecule has 12 heterocycles. The second-order valence-corrected chi connectivity index (χ2v) is 37.8. The van der Waals surface area contributed by atoms with Crippen LogP contribution in [0.5, 0.6) is 0 Å². The first-order chi connectivity index (χ1) is 66.6. The summed E-state index contributed by atoms with van der Waals surface area (Å²) >= 11 is 0. The van der Waals surface area contributed by atoms with Crippen LogP contribution in [0.4, 0.5) is 17.6 Å². The molecule has 8 atom stereocenters. The van der Waals surface area contributed by atoms with E-state index >= 15 is 0 Å². The standard InChI is InChI=1S/C29H30FN5O3.C26H32FN5O3.C25H30FN5O3.C24H28FN5O3/c1-18(2)23-15-24(20-9-11-22(30)12-10-20)32-35-17-25(31-27(23)35)28(37)33-13-14-34(19(3)16-33)29(38)26(36)21-7-5-4-6-8-21;1-15(2)20-12-21(18-6-8-19(27)9-7-18)29-32-14-22(28-24(20)32)25(34)30-10-11-31(17(5)13-30)26(35)23(33)16(3)4;1-5-22(32)25(34)30-11-10-29(13-16(30)4)24(33)21-14-31-23(27-21)19(15(2)3)12-20(28-31)17-6-8-18(26)9-7-17;1-14(2)19-11-20(17-5-7-18(25)8-6-17)27-30-13-21(26-22(19)30)24(33)28-9-10-29(15(3)12-28)23(32)16(4)31/h4-12,15,17-19,26,36H,13-14,16H2,1-3H3;6-9,12,14-17,23,33H,10-11,13H2,1-5H3;6-9,12,14-16,22,32H,5,10-11,13H2,1-4H3;5-8,11,13-16,31H,9-10,12H2,1-4H3/t19-,26?;17-,23?;16-,22+;15-,16?/m0000/s1. The number of aliphatic hydroxyl groups excluding tert-OH is 4. The zero-order valence-corrected chi connectivity index (χ0v) is 81.5. The molecule has 0 spiro atoms. The Bertz CT molecular complexity index is 6690. The van der Waals surface area contributed by atoms with Gasteiger partial charge in [-0.05, 0) is 198 Å². The molecule has 32 nitrogen and oxygen atoms in total.